The van der Waals surface area contributed by atoms with Crippen molar-refractivity contribution in [3.05, 3.63) is 117 Å². The quantitative estimate of drug-likeness (QED) is 0.344. The molecule has 30 heavy (non-hydrogen) atoms. The van der Waals surface area contributed by atoms with Gasteiger partial charge in [0, 0.05) is 44.9 Å². The molecule has 0 spiro atoms. The third-order valence-electron chi connectivity index (χ3n) is 4.87. The van der Waals surface area contributed by atoms with Crippen LogP contribution in [0.1, 0.15) is 34.5 Å². The zero-order valence-corrected chi connectivity index (χ0v) is 19.0. The molecule has 4 aromatic rings. The number of hydrogen-bond acceptors (Lipinski definition) is 4. The van der Waals surface area contributed by atoms with Crippen molar-refractivity contribution in [3.63, 3.8) is 0 Å². The standard InChI is InChI=1S/C24H18Br2N2O2/c25-21-9-19(11-27-13-21)23(29)17-5-1-15(2-6-17)16-3-7-18(8-4-16)24(30)20-10-22(26)14-28-12-20/h1-14,23-24,29-30H. The Kier molecular flexibility index (Phi) is 6.39. The van der Waals surface area contributed by atoms with E-state index < -0.39 is 12.2 Å². The molecular weight excluding hydrogens is 508 g/mol. The van der Waals surface area contributed by atoms with Gasteiger partial charge < -0.3 is 10.2 Å². The van der Waals surface area contributed by atoms with Gasteiger partial charge in [0.2, 0.25) is 0 Å². The number of nitrogens with zero attached hydrogens (tertiary/aromatic N) is 2. The van der Waals surface area contributed by atoms with Crippen molar-refractivity contribution in [2.45, 2.75) is 12.2 Å². The highest BCUT2D eigenvalue weighted by atomic mass is 79.9. The van der Waals surface area contributed by atoms with Crippen molar-refractivity contribution < 1.29 is 10.2 Å². The number of hydrogen-bond donors (Lipinski definition) is 2. The predicted octanol–water partition coefficient (Wildman–Crippen LogP) is 5.83. The van der Waals surface area contributed by atoms with E-state index >= 15 is 0 Å². The first-order valence-corrected chi connectivity index (χ1v) is 10.9. The first kappa shape index (κ1) is 20.9. The number of aromatic nitrogens is 2. The summed E-state index contributed by atoms with van der Waals surface area (Å²) < 4.78 is 1.66. The van der Waals surface area contributed by atoms with Gasteiger partial charge in [0.15, 0.2) is 0 Å². The van der Waals surface area contributed by atoms with Crippen molar-refractivity contribution >= 4 is 31.9 Å². The fourth-order valence-electron chi connectivity index (χ4n) is 3.26. The van der Waals surface area contributed by atoms with Crippen LogP contribution in [0.5, 0.6) is 0 Å². The molecule has 0 aliphatic rings. The highest BCUT2D eigenvalue weighted by Gasteiger charge is 2.13. The van der Waals surface area contributed by atoms with Crippen LogP contribution < -0.4 is 0 Å². The molecule has 2 N–H and O–H groups in total. The molecule has 4 rings (SSSR count). The first-order chi connectivity index (χ1) is 14.5. The van der Waals surface area contributed by atoms with E-state index in [4.69, 9.17) is 0 Å². The summed E-state index contributed by atoms with van der Waals surface area (Å²) >= 11 is 6.76. The summed E-state index contributed by atoms with van der Waals surface area (Å²) in [5.41, 5.74) is 5.13. The minimum Gasteiger partial charge on any atom is -0.384 e. The lowest BCUT2D eigenvalue weighted by atomic mass is 9.97. The van der Waals surface area contributed by atoms with E-state index in [-0.39, 0.29) is 0 Å². The molecule has 0 amide bonds. The highest BCUT2D eigenvalue weighted by molar-refractivity contribution is 9.10. The molecule has 0 bridgehead atoms. The monoisotopic (exact) mass is 524 g/mol. The van der Waals surface area contributed by atoms with Crippen LogP contribution >= 0.6 is 31.9 Å². The maximum Gasteiger partial charge on any atom is 0.106 e. The summed E-state index contributed by atoms with van der Waals surface area (Å²) in [6.45, 7) is 0. The van der Waals surface area contributed by atoms with Crippen molar-refractivity contribution in [3.8, 4) is 11.1 Å². The summed E-state index contributed by atoms with van der Waals surface area (Å²) in [4.78, 5) is 8.22. The van der Waals surface area contributed by atoms with Gasteiger partial charge in [-0.25, -0.2) is 0 Å². The van der Waals surface area contributed by atoms with Crippen LogP contribution in [0.4, 0.5) is 0 Å². The normalized spacial score (nSPS) is 13.1. The number of rotatable bonds is 5. The molecule has 150 valence electrons. The molecule has 2 aromatic heterocycles. The number of aliphatic hydroxyl groups is 2. The zero-order chi connectivity index (χ0) is 21.1. The molecule has 2 unspecified atom stereocenters. The van der Waals surface area contributed by atoms with E-state index in [1.165, 1.54) is 0 Å². The number of benzene rings is 2. The largest absolute Gasteiger partial charge is 0.384 e. The van der Waals surface area contributed by atoms with Crippen molar-refractivity contribution in [1.82, 2.24) is 9.97 Å². The summed E-state index contributed by atoms with van der Waals surface area (Å²) in [6.07, 6.45) is 5.23. The van der Waals surface area contributed by atoms with Crippen LogP contribution in [-0.2, 0) is 0 Å². The zero-order valence-electron chi connectivity index (χ0n) is 15.8. The van der Waals surface area contributed by atoms with E-state index in [0.717, 1.165) is 42.3 Å². The Balaban J connectivity index is 1.52. The van der Waals surface area contributed by atoms with Gasteiger partial charge in [-0.1, -0.05) is 48.5 Å². The average molecular weight is 526 g/mol. The van der Waals surface area contributed by atoms with Gasteiger partial charge in [0.05, 0.1) is 0 Å². The summed E-state index contributed by atoms with van der Waals surface area (Å²) in [5.74, 6) is 0. The molecular formula is C24H18Br2N2O2. The minimum atomic E-state index is -0.736. The SMILES string of the molecule is OC(c1ccc(-c2ccc(C(O)c3cncc(Br)c3)cc2)cc1)c1cncc(Br)c1. The summed E-state index contributed by atoms with van der Waals surface area (Å²) in [6, 6.07) is 19.3. The number of halogens is 2. The minimum absolute atomic E-state index is 0.734. The molecule has 0 radical (unpaired) electrons. The average Bonchev–Trinajstić information content (AvgIpc) is 2.78. The molecule has 0 fully saturated rings. The summed E-state index contributed by atoms with van der Waals surface area (Å²) in [5, 5.41) is 21.2. The molecule has 0 saturated heterocycles. The van der Waals surface area contributed by atoms with Crippen molar-refractivity contribution in [2.75, 3.05) is 0 Å². The fraction of sp³-hybridized carbons (Fsp3) is 0.0833. The lowest BCUT2D eigenvalue weighted by Gasteiger charge is -2.13. The van der Waals surface area contributed by atoms with E-state index in [1.54, 1.807) is 24.8 Å². The topological polar surface area (TPSA) is 66.2 Å². The van der Waals surface area contributed by atoms with Crippen LogP contribution in [0.2, 0.25) is 0 Å². The Morgan fingerprint density at radius 3 is 1.23 bits per heavy atom. The maximum absolute atomic E-state index is 10.6. The van der Waals surface area contributed by atoms with Gasteiger partial charge in [0.1, 0.15) is 12.2 Å². The molecule has 4 nitrogen and oxygen atoms in total. The van der Waals surface area contributed by atoms with Crippen molar-refractivity contribution in [2.24, 2.45) is 0 Å². The van der Waals surface area contributed by atoms with Gasteiger partial charge in [-0.15, -0.1) is 0 Å². The number of aliphatic hydroxyl groups excluding tert-OH is 2. The summed E-state index contributed by atoms with van der Waals surface area (Å²) in [7, 11) is 0. The lowest BCUT2D eigenvalue weighted by molar-refractivity contribution is 0.219. The Hall–Kier alpha value is -2.38. The van der Waals surface area contributed by atoms with Crippen LogP contribution in [0.15, 0.2) is 94.4 Å². The predicted molar refractivity (Wildman–Crippen MR) is 124 cm³/mol. The van der Waals surface area contributed by atoms with Crippen LogP contribution in [0, 0.1) is 0 Å². The molecule has 0 saturated carbocycles. The van der Waals surface area contributed by atoms with Gasteiger partial charge in [-0.2, -0.15) is 0 Å². The third kappa shape index (κ3) is 4.68. The van der Waals surface area contributed by atoms with Gasteiger partial charge in [-0.05, 0) is 66.2 Å². The first-order valence-electron chi connectivity index (χ1n) is 9.28. The van der Waals surface area contributed by atoms with Gasteiger partial charge in [-0.3, -0.25) is 9.97 Å². The highest BCUT2D eigenvalue weighted by Crippen LogP contribution is 2.29. The van der Waals surface area contributed by atoms with Crippen LogP contribution in [0.3, 0.4) is 0 Å². The smallest absolute Gasteiger partial charge is 0.106 e. The fourth-order valence-corrected chi connectivity index (χ4v) is 4.02. The Bertz CT molecular complexity index is 1060. The molecule has 2 aromatic carbocycles. The second kappa shape index (κ2) is 9.18. The van der Waals surface area contributed by atoms with Crippen LogP contribution in [0.25, 0.3) is 11.1 Å². The molecule has 6 heteroatoms. The number of pyridine rings is 2. The Morgan fingerprint density at radius 1 is 0.533 bits per heavy atom. The third-order valence-corrected chi connectivity index (χ3v) is 5.74. The second-order valence-electron chi connectivity index (χ2n) is 6.92. The molecule has 0 aliphatic carbocycles. The van der Waals surface area contributed by atoms with E-state index in [1.807, 2.05) is 60.7 Å². The van der Waals surface area contributed by atoms with Gasteiger partial charge >= 0.3 is 0 Å². The maximum atomic E-state index is 10.6. The Labute approximate surface area is 191 Å². The second-order valence-corrected chi connectivity index (χ2v) is 8.75. The van der Waals surface area contributed by atoms with Crippen LogP contribution in [-0.4, -0.2) is 20.2 Å². The van der Waals surface area contributed by atoms with E-state index in [9.17, 15) is 10.2 Å². The molecule has 2 heterocycles. The van der Waals surface area contributed by atoms with Crippen molar-refractivity contribution in [1.29, 1.82) is 0 Å². The molecule has 2 atom stereocenters. The molecule has 0 aliphatic heterocycles. The lowest BCUT2D eigenvalue weighted by Crippen LogP contribution is -2.00. The van der Waals surface area contributed by atoms with Gasteiger partial charge in [0.25, 0.3) is 0 Å². The van der Waals surface area contributed by atoms with E-state index in [2.05, 4.69) is 41.8 Å². The Morgan fingerprint density at radius 2 is 0.900 bits per heavy atom. The van der Waals surface area contributed by atoms with E-state index in [0.29, 0.717) is 0 Å².